The molecule has 82 valence electrons. The molecular formula is C15H22. The van der Waals surface area contributed by atoms with Gasteiger partial charge in [-0.2, -0.15) is 0 Å². The Balaban J connectivity index is 2.54. The van der Waals surface area contributed by atoms with Crippen LogP contribution < -0.4 is 0 Å². The largest absolute Gasteiger partial charge is 0.0648 e. The van der Waals surface area contributed by atoms with Crippen molar-refractivity contribution in [1.82, 2.24) is 0 Å². The first kappa shape index (κ1) is 10.7. The summed E-state index contributed by atoms with van der Waals surface area (Å²) in [7, 11) is 0. The van der Waals surface area contributed by atoms with E-state index in [-0.39, 0.29) is 0 Å². The normalized spacial score (nSPS) is 16.5. The molecule has 1 unspecified atom stereocenters. The number of hydrogen-bond acceptors (Lipinski definition) is 0. The Bertz CT molecular complexity index is 374. The highest BCUT2D eigenvalue weighted by molar-refractivity contribution is 5.48. The molecule has 0 spiro atoms. The third kappa shape index (κ3) is 1.71. The SMILES string of the molecule is CCC(C)c1cc2c(c(C)c1C)CCC2. The molecule has 15 heavy (non-hydrogen) atoms. The first-order chi connectivity index (χ1) is 7.15. The Hall–Kier alpha value is -0.780. The summed E-state index contributed by atoms with van der Waals surface area (Å²) in [5.41, 5.74) is 7.99. The molecule has 0 heterocycles. The summed E-state index contributed by atoms with van der Waals surface area (Å²) < 4.78 is 0. The summed E-state index contributed by atoms with van der Waals surface area (Å²) in [6.45, 7) is 9.25. The molecule has 0 aliphatic heterocycles. The molecule has 0 nitrogen and oxygen atoms in total. The van der Waals surface area contributed by atoms with Gasteiger partial charge in [-0.15, -0.1) is 0 Å². The number of fused-ring (bicyclic) bond motifs is 1. The zero-order chi connectivity index (χ0) is 11.0. The molecule has 0 bridgehead atoms. The van der Waals surface area contributed by atoms with E-state index >= 15 is 0 Å². The maximum Gasteiger partial charge on any atom is -0.0190 e. The van der Waals surface area contributed by atoms with Crippen LogP contribution in [0.5, 0.6) is 0 Å². The molecule has 1 atom stereocenters. The molecule has 0 radical (unpaired) electrons. The third-order valence-electron chi connectivity index (χ3n) is 4.18. The lowest BCUT2D eigenvalue weighted by Crippen LogP contribution is -2.01. The lowest BCUT2D eigenvalue weighted by Gasteiger charge is -2.18. The summed E-state index contributed by atoms with van der Waals surface area (Å²) in [4.78, 5) is 0. The van der Waals surface area contributed by atoms with Crippen molar-refractivity contribution in [3.05, 3.63) is 33.9 Å². The number of hydrogen-bond donors (Lipinski definition) is 0. The van der Waals surface area contributed by atoms with E-state index in [2.05, 4.69) is 33.8 Å². The van der Waals surface area contributed by atoms with E-state index in [1.165, 1.54) is 25.7 Å². The first-order valence-electron chi connectivity index (χ1n) is 6.27. The van der Waals surface area contributed by atoms with E-state index in [9.17, 15) is 0 Å². The van der Waals surface area contributed by atoms with Crippen LogP contribution in [0, 0.1) is 13.8 Å². The van der Waals surface area contributed by atoms with Crippen molar-refractivity contribution >= 4 is 0 Å². The molecule has 0 N–H and O–H groups in total. The van der Waals surface area contributed by atoms with E-state index in [1.54, 1.807) is 27.8 Å². The summed E-state index contributed by atoms with van der Waals surface area (Å²) in [6, 6.07) is 2.48. The molecule has 1 aromatic carbocycles. The quantitative estimate of drug-likeness (QED) is 0.670. The predicted molar refractivity (Wildman–Crippen MR) is 66.6 cm³/mol. The topological polar surface area (TPSA) is 0 Å². The lowest BCUT2D eigenvalue weighted by molar-refractivity contribution is 0.725. The van der Waals surface area contributed by atoms with Crippen molar-refractivity contribution in [3.63, 3.8) is 0 Å². The van der Waals surface area contributed by atoms with Crippen LogP contribution in [0.3, 0.4) is 0 Å². The Kier molecular flexibility index (Phi) is 2.86. The fourth-order valence-corrected chi connectivity index (χ4v) is 2.83. The Morgan fingerprint density at radius 3 is 2.60 bits per heavy atom. The molecule has 1 aliphatic carbocycles. The molecule has 0 saturated heterocycles. The second kappa shape index (κ2) is 4.00. The second-order valence-electron chi connectivity index (χ2n) is 5.02. The van der Waals surface area contributed by atoms with E-state index in [0.29, 0.717) is 0 Å². The van der Waals surface area contributed by atoms with Crippen LogP contribution in [0.2, 0.25) is 0 Å². The van der Waals surface area contributed by atoms with Crippen molar-refractivity contribution in [2.24, 2.45) is 0 Å². The summed E-state index contributed by atoms with van der Waals surface area (Å²) in [5, 5.41) is 0. The maximum atomic E-state index is 2.48. The van der Waals surface area contributed by atoms with Crippen LogP contribution in [0.15, 0.2) is 6.07 Å². The van der Waals surface area contributed by atoms with Gasteiger partial charge in [0.15, 0.2) is 0 Å². The highest BCUT2D eigenvalue weighted by Gasteiger charge is 2.18. The monoisotopic (exact) mass is 202 g/mol. The standard InChI is InChI=1S/C15H22/c1-5-10(2)15-9-13-7-6-8-14(13)11(3)12(15)4/h9-10H,5-8H2,1-4H3. The minimum absolute atomic E-state index is 0.717. The van der Waals surface area contributed by atoms with Gasteiger partial charge in [0.25, 0.3) is 0 Å². The highest BCUT2D eigenvalue weighted by atomic mass is 14.2. The lowest BCUT2D eigenvalue weighted by atomic mass is 9.87. The Morgan fingerprint density at radius 2 is 1.93 bits per heavy atom. The zero-order valence-electron chi connectivity index (χ0n) is 10.5. The third-order valence-corrected chi connectivity index (χ3v) is 4.18. The number of rotatable bonds is 2. The van der Waals surface area contributed by atoms with Crippen molar-refractivity contribution < 1.29 is 0 Å². The smallest absolute Gasteiger partial charge is 0.0190 e. The van der Waals surface area contributed by atoms with Gasteiger partial charge < -0.3 is 0 Å². The molecule has 2 rings (SSSR count). The van der Waals surface area contributed by atoms with Crippen LogP contribution in [0.4, 0.5) is 0 Å². The van der Waals surface area contributed by atoms with Gasteiger partial charge >= 0.3 is 0 Å². The molecule has 0 fully saturated rings. The number of benzene rings is 1. The van der Waals surface area contributed by atoms with Crippen LogP contribution in [0.25, 0.3) is 0 Å². The molecule has 0 amide bonds. The Morgan fingerprint density at radius 1 is 1.20 bits per heavy atom. The summed E-state index contributed by atoms with van der Waals surface area (Å²) in [6.07, 6.45) is 5.22. The molecule has 0 saturated carbocycles. The van der Waals surface area contributed by atoms with E-state index < -0.39 is 0 Å². The van der Waals surface area contributed by atoms with Gasteiger partial charge in [-0.25, -0.2) is 0 Å². The van der Waals surface area contributed by atoms with Gasteiger partial charge in [0.05, 0.1) is 0 Å². The highest BCUT2D eigenvalue weighted by Crippen LogP contribution is 2.33. The first-order valence-corrected chi connectivity index (χ1v) is 6.27. The minimum Gasteiger partial charge on any atom is -0.0648 e. The Labute approximate surface area is 93.7 Å². The minimum atomic E-state index is 0.717. The zero-order valence-corrected chi connectivity index (χ0v) is 10.5. The fraction of sp³-hybridized carbons (Fsp3) is 0.600. The predicted octanol–water partition coefficient (Wildman–Crippen LogP) is 4.31. The summed E-state index contributed by atoms with van der Waals surface area (Å²) >= 11 is 0. The van der Waals surface area contributed by atoms with Crippen LogP contribution in [-0.4, -0.2) is 0 Å². The van der Waals surface area contributed by atoms with Gasteiger partial charge in [-0.05, 0) is 73.3 Å². The molecule has 0 heteroatoms. The summed E-state index contributed by atoms with van der Waals surface area (Å²) in [5.74, 6) is 0.717. The van der Waals surface area contributed by atoms with E-state index in [4.69, 9.17) is 0 Å². The fourth-order valence-electron chi connectivity index (χ4n) is 2.83. The average molecular weight is 202 g/mol. The van der Waals surface area contributed by atoms with E-state index in [1.807, 2.05) is 0 Å². The van der Waals surface area contributed by atoms with Crippen LogP contribution >= 0.6 is 0 Å². The van der Waals surface area contributed by atoms with Gasteiger partial charge in [-0.1, -0.05) is 19.9 Å². The van der Waals surface area contributed by atoms with Gasteiger partial charge in [-0.3, -0.25) is 0 Å². The van der Waals surface area contributed by atoms with Gasteiger partial charge in [0.2, 0.25) is 0 Å². The van der Waals surface area contributed by atoms with Crippen molar-refractivity contribution in [3.8, 4) is 0 Å². The van der Waals surface area contributed by atoms with Crippen molar-refractivity contribution in [2.75, 3.05) is 0 Å². The van der Waals surface area contributed by atoms with Gasteiger partial charge in [0.1, 0.15) is 0 Å². The van der Waals surface area contributed by atoms with Crippen LogP contribution in [0.1, 0.15) is 60.4 Å². The van der Waals surface area contributed by atoms with E-state index in [0.717, 1.165) is 5.92 Å². The maximum absolute atomic E-state index is 2.48. The van der Waals surface area contributed by atoms with Crippen LogP contribution in [-0.2, 0) is 12.8 Å². The average Bonchev–Trinajstić information content (AvgIpc) is 2.70. The van der Waals surface area contributed by atoms with Crippen molar-refractivity contribution in [1.29, 1.82) is 0 Å². The molecular weight excluding hydrogens is 180 g/mol. The molecule has 1 aromatic rings. The second-order valence-corrected chi connectivity index (χ2v) is 5.02. The van der Waals surface area contributed by atoms with Crippen molar-refractivity contribution in [2.45, 2.75) is 59.3 Å². The molecule has 1 aliphatic rings. The van der Waals surface area contributed by atoms with Gasteiger partial charge in [0, 0.05) is 0 Å². The molecule has 0 aromatic heterocycles. The number of aryl methyl sites for hydroxylation is 1.